The first-order valence-electron chi connectivity index (χ1n) is 8.88. The third-order valence-electron chi connectivity index (χ3n) is 5.16. The van der Waals surface area contributed by atoms with Crippen LogP contribution in [0.3, 0.4) is 0 Å². The Bertz CT molecular complexity index is 796. The third kappa shape index (κ3) is 2.99. The van der Waals surface area contributed by atoms with Gasteiger partial charge in [-0.2, -0.15) is 0 Å². The van der Waals surface area contributed by atoms with Gasteiger partial charge in [0, 0.05) is 48.4 Å². The monoisotopic (exact) mass is 345 g/mol. The summed E-state index contributed by atoms with van der Waals surface area (Å²) >= 11 is 0. The first kappa shape index (κ1) is 16.4. The van der Waals surface area contributed by atoms with Gasteiger partial charge >= 0.3 is 0 Å². The standard InChI is InChI=1S/C19H24FN3O2/c1-24-17-7-14-16(8-18(17)25-2)23-15-5-3-4-13(15)19(14)22-12-6-11(20)9-21-10-12/h7-8,11-12,21H,3-6,9-10H2,1-2H3,(H,22,23)/t11-,12+/m0/s1. The molecule has 134 valence electrons. The number of anilines is 1. The summed E-state index contributed by atoms with van der Waals surface area (Å²) in [5.41, 5.74) is 4.38. The van der Waals surface area contributed by atoms with Gasteiger partial charge in [-0.1, -0.05) is 0 Å². The predicted molar refractivity (Wildman–Crippen MR) is 96.7 cm³/mol. The topological polar surface area (TPSA) is 55.4 Å². The molecule has 2 aliphatic rings. The van der Waals surface area contributed by atoms with Crippen molar-refractivity contribution in [2.45, 2.75) is 37.9 Å². The van der Waals surface area contributed by atoms with Crippen LogP contribution in [0.1, 0.15) is 24.1 Å². The quantitative estimate of drug-likeness (QED) is 0.892. The van der Waals surface area contributed by atoms with E-state index in [0.717, 1.165) is 48.1 Å². The summed E-state index contributed by atoms with van der Waals surface area (Å²) in [6.45, 7) is 1.21. The normalized spacial score (nSPS) is 22.7. The largest absolute Gasteiger partial charge is 0.493 e. The Morgan fingerprint density at radius 1 is 1.16 bits per heavy atom. The van der Waals surface area contributed by atoms with Gasteiger partial charge in [-0.25, -0.2) is 4.39 Å². The Kier molecular flexibility index (Phi) is 4.37. The van der Waals surface area contributed by atoms with Gasteiger partial charge in [0.25, 0.3) is 0 Å². The molecule has 1 aliphatic carbocycles. The minimum Gasteiger partial charge on any atom is -0.493 e. The van der Waals surface area contributed by atoms with E-state index < -0.39 is 6.17 Å². The minimum atomic E-state index is -0.804. The molecule has 4 rings (SSSR count). The second-order valence-electron chi connectivity index (χ2n) is 6.82. The van der Waals surface area contributed by atoms with Gasteiger partial charge in [-0.3, -0.25) is 4.98 Å². The molecule has 1 aliphatic heterocycles. The van der Waals surface area contributed by atoms with Gasteiger partial charge in [0.05, 0.1) is 19.7 Å². The van der Waals surface area contributed by atoms with Gasteiger partial charge < -0.3 is 20.1 Å². The maximum atomic E-state index is 13.8. The number of nitrogens with zero attached hydrogens (tertiary/aromatic N) is 1. The van der Waals surface area contributed by atoms with Crippen LogP contribution >= 0.6 is 0 Å². The molecule has 1 fully saturated rings. The van der Waals surface area contributed by atoms with E-state index in [2.05, 4.69) is 10.6 Å². The molecule has 2 atom stereocenters. The van der Waals surface area contributed by atoms with E-state index in [9.17, 15) is 4.39 Å². The highest BCUT2D eigenvalue weighted by Gasteiger charge is 2.26. The Balaban J connectivity index is 1.82. The Morgan fingerprint density at radius 2 is 1.96 bits per heavy atom. The lowest BCUT2D eigenvalue weighted by atomic mass is 10.0. The SMILES string of the molecule is COc1cc2nc3c(c(N[C@H]4CNC[C@@H](F)C4)c2cc1OC)CCC3. The zero-order valence-electron chi connectivity index (χ0n) is 14.7. The van der Waals surface area contributed by atoms with Crippen molar-refractivity contribution in [3.05, 3.63) is 23.4 Å². The van der Waals surface area contributed by atoms with Crippen LogP contribution in [0.2, 0.25) is 0 Å². The van der Waals surface area contributed by atoms with E-state index in [-0.39, 0.29) is 6.04 Å². The zero-order valence-corrected chi connectivity index (χ0v) is 14.7. The highest BCUT2D eigenvalue weighted by Crippen LogP contribution is 2.40. The first-order valence-corrected chi connectivity index (χ1v) is 8.88. The zero-order chi connectivity index (χ0) is 17.4. The molecule has 0 saturated carbocycles. The molecule has 25 heavy (non-hydrogen) atoms. The number of fused-ring (bicyclic) bond motifs is 2. The third-order valence-corrected chi connectivity index (χ3v) is 5.16. The van der Waals surface area contributed by atoms with Crippen LogP contribution in [0.15, 0.2) is 12.1 Å². The average molecular weight is 345 g/mol. The number of benzene rings is 1. The number of aryl methyl sites for hydroxylation is 1. The number of hydrogen-bond acceptors (Lipinski definition) is 5. The second-order valence-corrected chi connectivity index (χ2v) is 6.82. The highest BCUT2D eigenvalue weighted by molar-refractivity contribution is 5.96. The molecule has 6 heteroatoms. The van der Waals surface area contributed by atoms with Crippen LogP contribution in [0.4, 0.5) is 10.1 Å². The van der Waals surface area contributed by atoms with Crippen molar-refractivity contribution in [3.8, 4) is 11.5 Å². The Labute approximate surface area is 146 Å². The average Bonchev–Trinajstić information content (AvgIpc) is 3.08. The fraction of sp³-hybridized carbons (Fsp3) is 0.526. The molecule has 0 spiro atoms. The lowest BCUT2D eigenvalue weighted by molar-refractivity contribution is 0.255. The fourth-order valence-electron chi connectivity index (χ4n) is 3.96. The molecule has 0 radical (unpaired) electrons. The van der Waals surface area contributed by atoms with Gasteiger partial charge in [-0.05, 0) is 30.9 Å². The maximum absolute atomic E-state index is 13.8. The second kappa shape index (κ2) is 6.67. The molecule has 0 amide bonds. The van der Waals surface area contributed by atoms with Crippen LogP contribution in [0.25, 0.3) is 10.9 Å². The summed E-state index contributed by atoms with van der Waals surface area (Å²) in [5, 5.41) is 7.78. The number of rotatable bonds is 4. The number of pyridine rings is 1. The molecule has 2 N–H and O–H groups in total. The molecular weight excluding hydrogens is 321 g/mol. The smallest absolute Gasteiger partial charge is 0.162 e. The van der Waals surface area contributed by atoms with E-state index in [1.807, 2.05) is 12.1 Å². The molecule has 0 unspecified atom stereocenters. The van der Waals surface area contributed by atoms with E-state index in [0.29, 0.717) is 24.5 Å². The van der Waals surface area contributed by atoms with E-state index >= 15 is 0 Å². The van der Waals surface area contributed by atoms with Crippen LogP contribution in [0, 0.1) is 0 Å². The highest BCUT2D eigenvalue weighted by atomic mass is 19.1. The minimum absolute atomic E-state index is 0.0761. The van der Waals surface area contributed by atoms with E-state index in [4.69, 9.17) is 14.5 Å². The number of ether oxygens (including phenoxy) is 2. The molecule has 2 aromatic rings. The number of piperidine rings is 1. The summed E-state index contributed by atoms with van der Waals surface area (Å²) in [4.78, 5) is 4.84. The van der Waals surface area contributed by atoms with Crippen molar-refractivity contribution in [3.63, 3.8) is 0 Å². The van der Waals surface area contributed by atoms with Gasteiger partial charge in [0.2, 0.25) is 0 Å². The molecule has 1 saturated heterocycles. The Morgan fingerprint density at radius 3 is 2.72 bits per heavy atom. The maximum Gasteiger partial charge on any atom is 0.162 e. The van der Waals surface area contributed by atoms with Crippen molar-refractivity contribution in [2.24, 2.45) is 0 Å². The van der Waals surface area contributed by atoms with E-state index in [1.165, 1.54) is 5.56 Å². The van der Waals surface area contributed by atoms with E-state index in [1.54, 1.807) is 14.2 Å². The molecular formula is C19H24FN3O2. The molecule has 1 aromatic heterocycles. The summed E-state index contributed by atoms with van der Waals surface area (Å²) in [6.07, 6.45) is 2.83. The predicted octanol–water partition coefficient (Wildman–Crippen LogP) is 2.85. The summed E-state index contributed by atoms with van der Waals surface area (Å²) in [6, 6.07) is 3.98. The van der Waals surface area contributed by atoms with Crippen molar-refractivity contribution < 1.29 is 13.9 Å². The van der Waals surface area contributed by atoms with Crippen LogP contribution < -0.4 is 20.1 Å². The first-order chi connectivity index (χ1) is 12.2. The Hall–Kier alpha value is -2.08. The van der Waals surface area contributed by atoms with Crippen molar-refractivity contribution in [2.75, 3.05) is 32.6 Å². The molecule has 5 nitrogen and oxygen atoms in total. The molecule has 2 heterocycles. The van der Waals surface area contributed by atoms with Crippen LogP contribution in [-0.2, 0) is 12.8 Å². The van der Waals surface area contributed by atoms with Gasteiger partial charge in [0.15, 0.2) is 11.5 Å². The summed E-state index contributed by atoms with van der Waals surface area (Å²) in [7, 11) is 3.27. The fourth-order valence-corrected chi connectivity index (χ4v) is 3.96. The number of aromatic nitrogens is 1. The lowest BCUT2D eigenvalue weighted by Crippen LogP contribution is -2.44. The number of methoxy groups -OCH3 is 2. The number of halogens is 1. The van der Waals surface area contributed by atoms with Crippen LogP contribution in [-0.4, -0.2) is 44.5 Å². The van der Waals surface area contributed by atoms with Crippen LogP contribution in [0.5, 0.6) is 11.5 Å². The summed E-state index contributed by atoms with van der Waals surface area (Å²) in [5.74, 6) is 1.36. The van der Waals surface area contributed by atoms with Crippen molar-refractivity contribution in [1.29, 1.82) is 0 Å². The van der Waals surface area contributed by atoms with Crippen molar-refractivity contribution in [1.82, 2.24) is 10.3 Å². The van der Waals surface area contributed by atoms with Gasteiger partial charge in [-0.15, -0.1) is 0 Å². The van der Waals surface area contributed by atoms with Crippen molar-refractivity contribution >= 4 is 16.6 Å². The number of nitrogens with one attached hydrogen (secondary N) is 2. The number of alkyl halides is 1. The molecule has 0 bridgehead atoms. The van der Waals surface area contributed by atoms with Gasteiger partial charge in [0.1, 0.15) is 6.17 Å². The lowest BCUT2D eigenvalue weighted by Gasteiger charge is -2.29. The summed E-state index contributed by atoms with van der Waals surface area (Å²) < 4.78 is 24.7. The molecule has 1 aromatic carbocycles. The number of hydrogen-bond donors (Lipinski definition) is 2.